The molecule has 0 saturated carbocycles. The Kier molecular flexibility index (Phi) is 9.44. The van der Waals surface area contributed by atoms with Gasteiger partial charge in [0, 0.05) is 16.1 Å². The van der Waals surface area contributed by atoms with Crippen molar-refractivity contribution in [3.8, 4) is 0 Å². The summed E-state index contributed by atoms with van der Waals surface area (Å²) in [4.78, 5) is 26.9. The number of halogens is 2. The topological polar surface area (TPSA) is 101 Å². The van der Waals surface area contributed by atoms with Crippen LogP contribution in [0, 0.1) is 0 Å². The molecule has 0 aromatic heterocycles. The van der Waals surface area contributed by atoms with Crippen LogP contribution in [0.15, 0.2) is 48.5 Å². The molecule has 0 aliphatic carbocycles. The smallest absolute Gasteiger partial charge is 0.306 e. The van der Waals surface area contributed by atoms with E-state index in [1.807, 2.05) is 6.92 Å². The van der Waals surface area contributed by atoms with Gasteiger partial charge in [-0.3, -0.25) is 9.59 Å². The summed E-state index contributed by atoms with van der Waals surface area (Å²) in [5.41, 5.74) is 1.33. The van der Waals surface area contributed by atoms with Gasteiger partial charge in [0.15, 0.2) is 9.84 Å². The van der Waals surface area contributed by atoms with Gasteiger partial charge in [-0.15, -0.1) is 0 Å². The quantitative estimate of drug-likeness (QED) is 0.417. The number of sulfone groups is 1. The molecule has 1 fully saturated rings. The molecule has 0 bridgehead atoms. The molecular formula is C26H31Cl2NO6S. The van der Waals surface area contributed by atoms with Crippen LogP contribution in [0.25, 0.3) is 0 Å². The summed E-state index contributed by atoms with van der Waals surface area (Å²) in [7, 11) is -3.53. The van der Waals surface area contributed by atoms with Crippen molar-refractivity contribution in [3.63, 3.8) is 0 Å². The number of carbonyl (C=O) groups excluding carboxylic acids is 1. The number of hydrogen-bond donors (Lipinski definition) is 1. The average Bonchev–Trinajstić information content (AvgIpc) is 2.83. The van der Waals surface area contributed by atoms with Crippen molar-refractivity contribution in [2.45, 2.75) is 69.6 Å². The van der Waals surface area contributed by atoms with E-state index in [1.165, 1.54) is 4.90 Å². The van der Waals surface area contributed by atoms with Crippen LogP contribution < -0.4 is 0 Å². The number of rotatable bonds is 10. The number of hydrogen-bond acceptors (Lipinski definition) is 5. The Hall–Kier alpha value is -2.13. The lowest BCUT2D eigenvalue weighted by molar-refractivity contribution is -0.182. The standard InChI is InChI=1S/C26H31Cl2NO6S/c1-4-16(3)36(33,34)15-21(5-2)29-24(17-9-11-19(27)12-10-17)25(18-7-6-8-20(28)13-18)35-22(26(29)32)14-23(30)31/h6-13,16,21-22,24-25H,4-5,14-15H2,1-3H3,(H,30,31)/t16?,21?,22-,24+,25+/m0/s1. The highest BCUT2D eigenvalue weighted by Gasteiger charge is 2.48. The number of morpholine rings is 1. The average molecular weight is 557 g/mol. The van der Waals surface area contributed by atoms with E-state index in [0.717, 1.165) is 0 Å². The minimum Gasteiger partial charge on any atom is -0.481 e. The fourth-order valence-corrected chi connectivity index (χ4v) is 6.57. The van der Waals surface area contributed by atoms with Gasteiger partial charge in [-0.05, 0) is 55.2 Å². The summed E-state index contributed by atoms with van der Waals surface area (Å²) in [6, 6.07) is 12.4. The fraction of sp³-hybridized carbons (Fsp3) is 0.462. The largest absolute Gasteiger partial charge is 0.481 e. The molecule has 7 nitrogen and oxygen atoms in total. The molecule has 2 aromatic rings. The summed E-state index contributed by atoms with van der Waals surface area (Å²) in [6.45, 7) is 5.28. The fourth-order valence-electron chi connectivity index (χ4n) is 4.48. The lowest BCUT2D eigenvalue weighted by Gasteiger charge is -2.48. The summed E-state index contributed by atoms with van der Waals surface area (Å²) in [5, 5.41) is 9.87. The highest BCUT2D eigenvalue weighted by molar-refractivity contribution is 7.92. The Bertz CT molecular complexity index is 1190. The predicted molar refractivity (Wildman–Crippen MR) is 140 cm³/mol. The van der Waals surface area contributed by atoms with Gasteiger partial charge in [0.1, 0.15) is 12.2 Å². The van der Waals surface area contributed by atoms with Crippen molar-refractivity contribution in [1.82, 2.24) is 4.90 Å². The summed E-state index contributed by atoms with van der Waals surface area (Å²) in [5.74, 6) is -1.98. The van der Waals surface area contributed by atoms with Crippen molar-refractivity contribution < 1.29 is 27.9 Å². The molecule has 0 radical (unpaired) electrons. The zero-order chi connectivity index (χ0) is 26.6. The van der Waals surface area contributed by atoms with Crippen LogP contribution in [0.2, 0.25) is 10.0 Å². The van der Waals surface area contributed by atoms with Gasteiger partial charge in [0.05, 0.1) is 23.5 Å². The van der Waals surface area contributed by atoms with Gasteiger partial charge >= 0.3 is 5.97 Å². The zero-order valence-corrected chi connectivity index (χ0v) is 22.8. The Morgan fingerprint density at radius 1 is 1.06 bits per heavy atom. The van der Waals surface area contributed by atoms with Crippen LogP contribution in [-0.2, 0) is 24.2 Å². The van der Waals surface area contributed by atoms with Crippen LogP contribution in [0.3, 0.4) is 0 Å². The minimum atomic E-state index is -3.53. The maximum Gasteiger partial charge on any atom is 0.306 e. The molecule has 36 heavy (non-hydrogen) atoms. The number of nitrogens with zero attached hydrogens (tertiary/aromatic N) is 1. The maximum atomic E-state index is 13.8. The van der Waals surface area contributed by atoms with E-state index in [-0.39, 0.29) is 5.75 Å². The first-order chi connectivity index (χ1) is 17.0. The van der Waals surface area contributed by atoms with Crippen molar-refractivity contribution in [2.75, 3.05) is 5.75 Å². The molecule has 1 aliphatic rings. The Labute approximate surface area is 222 Å². The molecular weight excluding hydrogens is 525 g/mol. The highest BCUT2D eigenvalue weighted by Crippen LogP contribution is 2.44. The number of benzene rings is 2. The van der Waals surface area contributed by atoms with E-state index in [0.29, 0.717) is 34.0 Å². The third-order valence-corrected chi connectivity index (χ3v) is 9.55. The predicted octanol–water partition coefficient (Wildman–Crippen LogP) is 5.47. The zero-order valence-electron chi connectivity index (χ0n) is 20.4. The third kappa shape index (κ3) is 6.40. The van der Waals surface area contributed by atoms with Crippen LogP contribution >= 0.6 is 23.2 Å². The second-order valence-electron chi connectivity index (χ2n) is 9.05. The third-order valence-electron chi connectivity index (χ3n) is 6.65. The Balaban J connectivity index is 2.20. The summed E-state index contributed by atoms with van der Waals surface area (Å²) < 4.78 is 32.4. The summed E-state index contributed by atoms with van der Waals surface area (Å²) >= 11 is 12.4. The molecule has 3 rings (SSSR count). The number of ether oxygens (including phenoxy) is 1. The van der Waals surface area contributed by atoms with E-state index >= 15 is 0 Å². The number of carbonyl (C=O) groups is 2. The molecule has 0 spiro atoms. The maximum absolute atomic E-state index is 13.8. The van der Waals surface area contributed by atoms with Gasteiger partial charge in [-0.1, -0.05) is 61.3 Å². The van der Waals surface area contributed by atoms with Gasteiger partial charge in [0.2, 0.25) is 0 Å². The van der Waals surface area contributed by atoms with Gasteiger partial charge in [-0.2, -0.15) is 0 Å². The highest BCUT2D eigenvalue weighted by atomic mass is 35.5. The lowest BCUT2D eigenvalue weighted by atomic mass is 9.89. The first-order valence-corrected chi connectivity index (χ1v) is 14.4. The number of amides is 1. The van der Waals surface area contributed by atoms with Crippen LogP contribution in [0.5, 0.6) is 0 Å². The minimum absolute atomic E-state index is 0.240. The lowest BCUT2D eigenvalue weighted by Crippen LogP contribution is -2.56. The van der Waals surface area contributed by atoms with E-state index in [1.54, 1.807) is 62.4 Å². The molecule has 10 heteroatoms. The molecule has 1 N–H and O–H groups in total. The monoisotopic (exact) mass is 555 g/mol. The van der Waals surface area contributed by atoms with Crippen molar-refractivity contribution >= 4 is 44.9 Å². The van der Waals surface area contributed by atoms with Gasteiger partial charge in [0.25, 0.3) is 5.91 Å². The number of aliphatic carboxylic acids is 1. The van der Waals surface area contributed by atoms with Crippen molar-refractivity contribution in [3.05, 3.63) is 69.7 Å². The van der Waals surface area contributed by atoms with Crippen LogP contribution in [0.1, 0.15) is 63.3 Å². The van der Waals surface area contributed by atoms with E-state index in [2.05, 4.69) is 0 Å². The van der Waals surface area contributed by atoms with Crippen LogP contribution in [-0.4, -0.2) is 53.4 Å². The molecule has 196 valence electrons. The normalized spacial score (nSPS) is 22.3. The second-order valence-corrected chi connectivity index (χ2v) is 12.4. The van der Waals surface area contributed by atoms with Crippen molar-refractivity contribution in [1.29, 1.82) is 0 Å². The molecule has 5 atom stereocenters. The van der Waals surface area contributed by atoms with Gasteiger partial charge in [-0.25, -0.2) is 8.42 Å². The van der Waals surface area contributed by atoms with E-state index in [9.17, 15) is 23.1 Å². The molecule has 1 saturated heterocycles. The van der Waals surface area contributed by atoms with E-state index < -0.39 is 57.7 Å². The SMILES string of the molecule is CCC(CS(=O)(=O)C(C)CC)N1C(=O)[C@H](CC(=O)O)O[C@H](c2cccc(Cl)c2)[C@H]1c1ccc(Cl)cc1. The molecule has 2 unspecified atom stereocenters. The first kappa shape index (κ1) is 28.4. The molecule has 1 aliphatic heterocycles. The van der Waals surface area contributed by atoms with Crippen LogP contribution in [0.4, 0.5) is 0 Å². The molecule has 1 amide bonds. The molecule has 1 heterocycles. The number of carboxylic acids is 1. The Morgan fingerprint density at radius 3 is 2.28 bits per heavy atom. The number of carboxylic acid groups (broad SMARTS) is 1. The second kappa shape index (κ2) is 11.9. The van der Waals surface area contributed by atoms with Gasteiger partial charge < -0.3 is 14.7 Å². The summed E-state index contributed by atoms with van der Waals surface area (Å²) in [6.07, 6.45) is -1.81. The van der Waals surface area contributed by atoms with Crippen molar-refractivity contribution in [2.24, 2.45) is 0 Å². The first-order valence-electron chi connectivity index (χ1n) is 11.9. The van der Waals surface area contributed by atoms with E-state index in [4.69, 9.17) is 27.9 Å². The molecule has 2 aromatic carbocycles. The Morgan fingerprint density at radius 2 is 1.72 bits per heavy atom.